The molecule has 0 bridgehead atoms. The van der Waals surface area contributed by atoms with E-state index >= 15 is 0 Å². The summed E-state index contributed by atoms with van der Waals surface area (Å²) >= 11 is 0. The summed E-state index contributed by atoms with van der Waals surface area (Å²) in [6, 6.07) is 9.43. The van der Waals surface area contributed by atoms with Crippen molar-refractivity contribution >= 4 is 17.9 Å². The molecule has 0 saturated heterocycles. The van der Waals surface area contributed by atoms with Gasteiger partial charge in [-0.05, 0) is 31.2 Å². The van der Waals surface area contributed by atoms with Crippen LogP contribution in [-0.2, 0) is 18.9 Å². The minimum absolute atomic E-state index is 0.353. The number of allylic oxidation sites excluding steroid dienone is 1. The molecule has 0 aromatic heterocycles. The van der Waals surface area contributed by atoms with Crippen LogP contribution in [0.3, 0.4) is 0 Å². The zero-order chi connectivity index (χ0) is 20.6. The van der Waals surface area contributed by atoms with Crippen LogP contribution >= 0.6 is 0 Å². The Kier molecular flexibility index (Phi) is 11.7. The molecule has 0 fully saturated rings. The fraction of sp³-hybridized carbons (Fsp3) is 0.333. The van der Waals surface area contributed by atoms with Crippen molar-refractivity contribution in [3.05, 3.63) is 66.2 Å². The van der Waals surface area contributed by atoms with E-state index in [1.807, 2.05) is 43.3 Å². The molecule has 0 aliphatic rings. The quantitative estimate of drug-likeness (QED) is 0.195. The van der Waals surface area contributed by atoms with Crippen LogP contribution in [0.25, 0.3) is 0 Å². The molecule has 0 saturated carbocycles. The minimum atomic E-state index is 0.353. The second kappa shape index (κ2) is 14.2. The summed E-state index contributed by atoms with van der Waals surface area (Å²) in [5, 5.41) is 0. The largest absolute Gasteiger partial charge is 0.488 e. The van der Waals surface area contributed by atoms with Gasteiger partial charge in [-0.15, -0.1) is 0 Å². The topological polar surface area (TPSA) is 87.7 Å². The first-order valence-corrected chi connectivity index (χ1v) is 8.85. The van der Waals surface area contributed by atoms with Gasteiger partial charge in [-0.1, -0.05) is 24.8 Å². The number of rotatable bonds is 12. The van der Waals surface area contributed by atoms with Crippen molar-refractivity contribution in [2.75, 3.05) is 40.6 Å². The molecule has 0 unspecified atom stereocenters. The number of aliphatic imine (C=N–C) groups is 2. The van der Waals surface area contributed by atoms with Gasteiger partial charge < -0.3 is 24.7 Å². The lowest BCUT2D eigenvalue weighted by Crippen LogP contribution is -2.10. The molecule has 0 radical (unpaired) electrons. The third-order valence-corrected chi connectivity index (χ3v) is 3.38. The SMILES string of the molecule is C=C(/C=C(OCCOC)\C(=C/C)OCCOC)C(N=CN)=Nc1ccccc1. The van der Waals surface area contributed by atoms with Crippen molar-refractivity contribution in [2.45, 2.75) is 6.92 Å². The van der Waals surface area contributed by atoms with E-state index < -0.39 is 0 Å². The maximum atomic E-state index is 5.82. The summed E-state index contributed by atoms with van der Waals surface area (Å²) in [5.74, 6) is 1.42. The molecule has 7 heteroatoms. The number of benzene rings is 1. The van der Waals surface area contributed by atoms with Crippen LogP contribution in [0.4, 0.5) is 5.69 Å². The van der Waals surface area contributed by atoms with Gasteiger partial charge in [0.25, 0.3) is 0 Å². The molecule has 0 spiro atoms. The van der Waals surface area contributed by atoms with E-state index in [2.05, 4.69) is 16.6 Å². The Balaban J connectivity index is 3.13. The first-order chi connectivity index (χ1) is 13.7. The molecular weight excluding hydrogens is 358 g/mol. The van der Waals surface area contributed by atoms with Crippen molar-refractivity contribution < 1.29 is 18.9 Å². The predicted octanol–water partition coefficient (Wildman–Crippen LogP) is 3.37. The highest BCUT2D eigenvalue weighted by molar-refractivity contribution is 6.05. The molecule has 7 nitrogen and oxygen atoms in total. The summed E-state index contributed by atoms with van der Waals surface area (Å²) in [7, 11) is 3.22. The number of amidine groups is 1. The molecule has 0 heterocycles. The molecule has 1 rings (SSSR count). The zero-order valence-electron chi connectivity index (χ0n) is 16.8. The van der Waals surface area contributed by atoms with E-state index in [0.29, 0.717) is 49.4 Å². The van der Waals surface area contributed by atoms with Crippen LogP contribution in [0.5, 0.6) is 0 Å². The van der Waals surface area contributed by atoms with Gasteiger partial charge in [0.1, 0.15) is 13.2 Å². The molecule has 0 aliphatic heterocycles. The normalized spacial score (nSPS) is 13.0. The average Bonchev–Trinajstić information content (AvgIpc) is 2.71. The number of methoxy groups -OCH3 is 2. The monoisotopic (exact) mass is 387 g/mol. The Labute approximate surface area is 166 Å². The Morgan fingerprint density at radius 1 is 1.00 bits per heavy atom. The lowest BCUT2D eigenvalue weighted by atomic mass is 10.2. The second-order valence-electron chi connectivity index (χ2n) is 5.42. The molecule has 152 valence electrons. The number of nitrogens with zero attached hydrogens (tertiary/aromatic N) is 2. The number of para-hydroxylation sites is 1. The summed E-state index contributed by atoms with van der Waals surface area (Å²) < 4.78 is 21.6. The Morgan fingerprint density at radius 2 is 1.61 bits per heavy atom. The van der Waals surface area contributed by atoms with Crippen LogP contribution in [0.1, 0.15) is 6.92 Å². The lowest BCUT2D eigenvalue weighted by molar-refractivity contribution is 0.0784. The average molecular weight is 387 g/mol. The molecular formula is C21H29N3O4. The van der Waals surface area contributed by atoms with Crippen LogP contribution in [0, 0.1) is 0 Å². The van der Waals surface area contributed by atoms with Gasteiger partial charge in [-0.3, -0.25) is 0 Å². The van der Waals surface area contributed by atoms with E-state index in [0.717, 1.165) is 5.69 Å². The number of hydrogen-bond donors (Lipinski definition) is 1. The number of nitrogens with two attached hydrogens (primary N) is 1. The van der Waals surface area contributed by atoms with Gasteiger partial charge in [-0.25, -0.2) is 9.98 Å². The summed E-state index contributed by atoms with van der Waals surface area (Å²) in [5.41, 5.74) is 6.74. The van der Waals surface area contributed by atoms with Gasteiger partial charge in [0, 0.05) is 19.8 Å². The molecule has 1 aromatic rings. The summed E-state index contributed by atoms with van der Waals surface area (Å²) in [4.78, 5) is 8.62. The van der Waals surface area contributed by atoms with Crippen molar-refractivity contribution in [1.29, 1.82) is 0 Å². The third-order valence-electron chi connectivity index (χ3n) is 3.38. The van der Waals surface area contributed by atoms with E-state index in [4.69, 9.17) is 24.7 Å². The highest BCUT2D eigenvalue weighted by Gasteiger charge is 2.11. The van der Waals surface area contributed by atoms with Crippen LogP contribution in [0.15, 0.2) is 76.1 Å². The Bertz CT molecular complexity index is 710. The smallest absolute Gasteiger partial charge is 0.161 e. The number of ether oxygens (including phenoxy) is 4. The van der Waals surface area contributed by atoms with Gasteiger partial charge in [0.15, 0.2) is 17.4 Å². The fourth-order valence-electron chi connectivity index (χ4n) is 2.05. The highest BCUT2D eigenvalue weighted by Crippen LogP contribution is 2.19. The molecule has 28 heavy (non-hydrogen) atoms. The minimum Gasteiger partial charge on any atom is -0.488 e. The summed E-state index contributed by atoms with van der Waals surface area (Å²) in [6.07, 6.45) is 4.70. The molecule has 2 N–H and O–H groups in total. The van der Waals surface area contributed by atoms with Gasteiger partial charge in [-0.2, -0.15) is 0 Å². The van der Waals surface area contributed by atoms with Gasteiger partial charge in [0.05, 0.1) is 25.2 Å². The van der Waals surface area contributed by atoms with Crippen molar-refractivity contribution in [2.24, 2.45) is 15.7 Å². The van der Waals surface area contributed by atoms with Crippen molar-refractivity contribution in [3.8, 4) is 0 Å². The van der Waals surface area contributed by atoms with E-state index in [1.165, 1.54) is 6.34 Å². The molecule has 1 aromatic carbocycles. The summed E-state index contributed by atoms with van der Waals surface area (Å²) in [6.45, 7) is 7.55. The van der Waals surface area contributed by atoms with E-state index in [9.17, 15) is 0 Å². The lowest BCUT2D eigenvalue weighted by Gasteiger charge is -2.15. The zero-order valence-corrected chi connectivity index (χ0v) is 16.8. The van der Waals surface area contributed by atoms with E-state index in [-0.39, 0.29) is 0 Å². The molecule has 0 atom stereocenters. The highest BCUT2D eigenvalue weighted by atomic mass is 16.6. The second-order valence-corrected chi connectivity index (χ2v) is 5.42. The molecule has 0 amide bonds. The Hall–Kier alpha value is -2.90. The van der Waals surface area contributed by atoms with Crippen LogP contribution in [0.2, 0.25) is 0 Å². The third kappa shape index (κ3) is 8.66. The maximum Gasteiger partial charge on any atom is 0.161 e. The predicted molar refractivity (Wildman–Crippen MR) is 113 cm³/mol. The number of hydrogen-bond acceptors (Lipinski definition) is 5. The maximum absolute atomic E-state index is 5.82. The standard InChI is InChI=1S/C21H29N3O4/c1-5-19(27-13-11-25-3)20(28-14-12-26-4)15-17(2)21(23-16-22)24-18-9-7-6-8-10-18/h5-10,15-16H,2,11-14H2,1,3-4H3,(H2,22,23,24)/b19-5+,20-15+. The van der Waals surface area contributed by atoms with Crippen LogP contribution < -0.4 is 5.73 Å². The van der Waals surface area contributed by atoms with Gasteiger partial charge in [0.2, 0.25) is 0 Å². The fourth-order valence-corrected chi connectivity index (χ4v) is 2.05. The first-order valence-electron chi connectivity index (χ1n) is 8.85. The van der Waals surface area contributed by atoms with E-state index in [1.54, 1.807) is 20.3 Å². The van der Waals surface area contributed by atoms with Crippen molar-refractivity contribution in [1.82, 2.24) is 0 Å². The van der Waals surface area contributed by atoms with Crippen LogP contribution in [-0.4, -0.2) is 52.8 Å². The van der Waals surface area contributed by atoms with Gasteiger partial charge >= 0.3 is 0 Å². The van der Waals surface area contributed by atoms with Crippen molar-refractivity contribution in [3.63, 3.8) is 0 Å². The first kappa shape index (κ1) is 23.1. The Morgan fingerprint density at radius 3 is 2.14 bits per heavy atom. The molecule has 0 aliphatic carbocycles.